The number of rotatable bonds is 6. The van der Waals surface area contributed by atoms with Crippen LogP contribution < -0.4 is 0 Å². The normalized spacial score (nSPS) is 11.5. The van der Waals surface area contributed by atoms with Gasteiger partial charge in [-0.15, -0.1) is 0 Å². The highest BCUT2D eigenvalue weighted by molar-refractivity contribution is 6.25. The van der Waals surface area contributed by atoms with Gasteiger partial charge in [-0.2, -0.15) is 0 Å². The van der Waals surface area contributed by atoms with Crippen LogP contribution in [0.15, 0.2) is 224 Å². The lowest BCUT2D eigenvalue weighted by atomic mass is 9.89. The molecule has 62 heavy (non-hydrogen) atoms. The molecule has 12 aromatic rings. The summed E-state index contributed by atoms with van der Waals surface area (Å²) in [6.45, 7) is 0. The first-order chi connectivity index (χ1) is 30.7. The molecule has 2 aromatic heterocycles. The minimum Gasteiger partial charge on any atom is -0.247 e. The molecule has 0 saturated carbocycles. The minimum absolute atomic E-state index is 0.714. The summed E-state index contributed by atoms with van der Waals surface area (Å²) >= 11 is 0. The third-order valence-electron chi connectivity index (χ3n) is 12.2. The number of benzene rings is 10. The van der Waals surface area contributed by atoms with Gasteiger partial charge in [0.15, 0.2) is 5.82 Å². The molecule has 0 aliphatic rings. The Morgan fingerprint density at radius 1 is 0.242 bits per heavy atom. The molecule has 0 amide bonds. The average Bonchev–Trinajstić information content (AvgIpc) is 3.35. The molecule has 0 spiro atoms. The van der Waals surface area contributed by atoms with Crippen molar-refractivity contribution in [3.63, 3.8) is 0 Å². The maximum atomic E-state index is 5.35. The number of aromatic nitrogens is 3. The van der Waals surface area contributed by atoms with E-state index in [1.54, 1.807) is 0 Å². The maximum absolute atomic E-state index is 5.35. The van der Waals surface area contributed by atoms with E-state index in [9.17, 15) is 0 Å². The van der Waals surface area contributed by atoms with Gasteiger partial charge in [-0.3, -0.25) is 0 Å². The van der Waals surface area contributed by atoms with Crippen LogP contribution in [0.2, 0.25) is 0 Å². The summed E-state index contributed by atoms with van der Waals surface area (Å²) in [5.74, 6) is 0.714. The first-order valence-electron chi connectivity index (χ1n) is 21.1. The Morgan fingerprint density at radius 2 is 0.774 bits per heavy atom. The molecule has 0 N–H and O–H groups in total. The van der Waals surface area contributed by atoms with Crippen molar-refractivity contribution in [2.45, 2.75) is 0 Å². The van der Waals surface area contributed by atoms with E-state index < -0.39 is 0 Å². The molecule has 0 radical (unpaired) electrons. The summed E-state index contributed by atoms with van der Waals surface area (Å²) < 4.78 is 0. The first kappa shape index (κ1) is 35.7. The van der Waals surface area contributed by atoms with E-state index in [2.05, 4.69) is 212 Å². The Morgan fingerprint density at radius 3 is 1.55 bits per heavy atom. The molecule has 288 valence electrons. The number of pyridine rings is 1. The molecule has 0 bridgehead atoms. The number of fused-ring (bicyclic) bond motifs is 7. The lowest BCUT2D eigenvalue weighted by molar-refractivity contribution is 1.23. The summed E-state index contributed by atoms with van der Waals surface area (Å²) in [6, 6.07) is 79.9. The van der Waals surface area contributed by atoms with Crippen molar-refractivity contribution in [3.8, 4) is 67.3 Å². The molecule has 0 aliphatic carbocycles. The number of para-hydroxylation sites is 2. The van der Waals surface area contributed by atoms with Gasteiger partial charge < -0.3 is 0 Å². The molecule has 0 saturated heterocycles. The van der Waals surface area contributed by atoms with Crippen LogP contribution in [0.25, 0.3) is 121 Å². The van der Waals surface area contributed by atoms with Crippen LogP contribution in [0.3, 0.4) is 0 Å². The van der Waals surface area contributed by atoms with E-state index in [1.165, 1.54) is 38.1 Å². The topological polar surface area (TPSA) is 38.7 Å². The summed E-state index contributed by atoms with van der Waals surface area (Å²) in [5, 5.41) is 9.46. The van der Waals surface area contributed by atoms with E-state index in [1.807, 2.05) is 12.1 Å². The molecule has 0 aliphatic heterocycles. The molecule has 0 fully saturated rings. The van der Waals surface area contributed by atoms with Crippen LogP contribution in [-0.4, -0.2) is 15.0 Å². The zero-order valence-corrected chi connectivity index (χ0v) is 33.7. The second-order valence-corrected chi connectivity index (χ2v) is 15.9. The van der Waals surface area contributed by atoms with Crippen molar-refractivity contribution in [3.05, 3.63) is 224 Å². The quantitative estimate of drug-likeness (QED) is 0.158. The summed E-state index contributed by atoms with van der Waals surface area (Å²) in [6.07, 6.45) is 0. The van der Waals surface area contributed by atoms with Gasteiger partial charge >= 0.3 is 0 Å². The molecule has 0 unspecified atom stereocenters. The minimum atomic E-state index is 0.714. The fourth-order valence-electron chi connectivity index (χ4n) is 9.17. The molecule has 0 atom stereocenters. The first-order valence-corrected chi connectivity index (χ1v) is 21.1. The van der Waals surface area contributed by atoms with E-state index in [0.29, 0.717) is 5.82 Å². The van der Waals surface area contributed by atoms with Gasteiger partial charge in [-0.05, 0) is 85.3 Å². The third-order valence-corrected chi connectivity index (χ3v) is 12.2. The Labute approximate surface area is 359 Å². The molecular formula is C59H37N3. The van der Waals surface area contributed by atoms with Crippen LogP contribution in [0.1, 0.15) is 0 Å². The van der Waals surface area contributed by atoms with Gasteiger partial charge in [0.05, 0.1) is 22.4 Å². The van der Waals surface area contributed by atoms with Crippen molar-refractivity contribution in [2.24, 2.45) is 0 Å². The van der Waals surface area contributed by atoms with Crippen molar-refractivity contribution in [1.29, 1.82) is 0 Å². The Hall–Kier alpha value is -8.27. The summed E-state index contributed by atoms with van der Waals surface area (Å²) in [4.78, 5) is 15.6. The SMILES string of the molecule is c1ccc(-c2cccc(-c3nc(-c4ccc(-c5ccc(-c6cc7c(-c8ccc9ccccc9c8)nc8ccccc8c7c7ccccc67)cc5)cc4)c4ccccc4n3)c2)cc1. The van der Waals surface area contributed by atoms with Crippen LogP contribution in [0.4, 0.5) is 0 Å². The fourth-order valence-corrected chi connectivity index (χ4v) is 9.17. The number of hydrogen-bond acceptors (Lipinski definition) is 3. The van der Waals surface area contributed by atoms with Gasteiger partial charge in [0.1, 0.15) is 0 Å². The molecule has 10 aromatic carbocycles. The predicted octanol–water partition coefficient (Wildman–Crippen LogP) is 15.6. The molecule has 2 heterocycles. The third kappa shape index (κ3) is 6.18. The van der Waals surface area contributed by atoms with Crippen molar-refractivity contribution >= 4 is 54.1 Å². The summed E-state index contributed by atoms with van der Waals surface area (Å²) in [7, 11) is 0. The average molecular weight is 788 g/mol. The van der Waals surface area contributed by atoms with Gasteiger partial charge in [-0.25, -0.2) is 15.0 Å². The lowest BCUT2D eigenvalue weighted by Gasteiger charge is -2.16. The van der Waals surface area contributed by atoms with E-state index in [-0.39, 0.29) is 0 Å². The molecule has 12 rings (SSSR count). The highest BCUT2D eigenvalue weighted by Gasteiger charge is 2.18. The fraction of sp³-hybridized carbons (Fsp3) is 0. The summed E-state index contributed by atoms with van der Waals surface area (Å²) in [5.41, 5.74) is 14.0. The molecule has 3 heteroatoms. The van der Waals surface area contributed by atoms with E-state index in [4.69, 9.17) is 15.0 Å². The number of nitrogens with zero attached hydrogens (tertiary/aromatic N) is 3. The van der Waals surface area contributed by atoms with Crippen LogP contribution in [0.5, 0.6) is 0 Å². The van der Waals surface area contributed by atoms with Crippen molar-refractivity contribution < 1.29 is 0 Å². The predicted molar refractivity (Wildman–Crippen MR) is 260 cm³/mol. The van der Waals surface area contributed by atoms with Crippen molar-refractivity contribution in [1.82, 2.24) is 15.0 Å². The zero-order valence-electron chi connectivity index (χ0n) is 33.7. The second-order valence-electron chi connectivity index (χ2n) is 15.9. The second kappa shape index (κ2) is 14.8. The molecular weight excluding hydrogens is 751 g/mol. The van der Waals surface area contributed by atoms with Crippen LogP contribution >= 0.6 is 0 Å². The van der Waals surface area contributed by atoms with Crippen LogP contribution in [-0.2, 0) is 0 Å². The smallest absolute Gasteiger partial charge is 0.160 e. The van der Waals surface area contributed by atoms with Crippen LogP contribution in [0, 0.1) is 0 Å². The van der Waals surface area contributed by atoms with Crippen molar-refractivity contribution in [2.75, 3.05) is 0 Å². The molecule has 3 nitrogen and oxygen atoms in total. The lowest BCUT2D eigenvalue weighted by Crippen LogP contribution is -1.95. The highest BCUT2D eigenvalue weighted by atomic mass is 14.9. The van der Waals surface area contributed by atoms with Gasteiger partial charge in [0.2, 0.25) is 0 Å². The monoisotopic (exact) mass is 787 g/mol. The van der Waals surface area contributed by atoms with E-state index >= 15 is 0 Å². The Kier molecular flexibility index (Phi) is 8.50. The maximum Gasteiger partial charge on any atom is 0.160 e. The van der Waals surface area contributed by atoms with Gasteiger partial charge in [0, 0.05) is 38.2 Å². The highest BCUT2D eigenvalue weighted by Crippen LogP contribution is 2.42. The van der Waals surface area contributed by atoms with Gasteiger partial charge in [-0.1, -0.05) is 194 Å². The van der Waals surface area contributed by atoms with Gasteiger partial charge in [0.25, 0.3) is 0 Å². The standard InChI is InChI=1S/C59H37N3/c1-2-13-38(14-3-1)45-17-12-18-47(36-45)59-61-55-24-11-9-22-51(55)57(62-59)43-32-27-41(28-33-43)40-25-30-42(31-26-40)52-37-53-56(49-20-7-6-19-48(49)52)50-21-8-10-23-54(50)60-58(53)46-34-29-39-15-4-5-16-44(39)35-46/h1-37H. The van der Waals surface area contributed by atoms with E-state index in [0.717, 1.165) is 77.5 Å². The number of hydrogen-bond donors (Lipinski definition) is 0. The Bertz CT molecular complexity index is 3670. The largest absolute Gasteiger partial charge is 0.247 e. The Balaban J connectivity index is 0.929. The zero-order chi connectivity index (χ0) is 41.0.